The lowest BCUT2D eigenvalue weighted by Crippen LogP contribution is -2.57. The van der Waals surface area contributed by atoms with Crippen LogP contribution in [0.1, 0.15) is 70.9 Å². The number of nitriles is 1. The average Bonchev–Trinajstić information content (AvgIpc) is 3.10. The van der Waals surface area contributed by atoms with Crippen LogP contribution in [0.2, 0.25) is 0 Å². The Hall–Kier alpha value is -2.79. The van der Waals surface area contributed by atoms with Gasteiger partial charge in [0.25, 0.3) is 5.91 Å². The highest BCUT2D eigenvalue weighted by Crippen LogP contribution is 2.40. The van der Waals surface area contributed by atoms with Gasteiger partial charge in [-0.3, -0.25) is 24.3 Å². The Balaban J connectivity index is 1.32. The highest BCUT2D eigenvalue weighted by atomic mass is 32.1. The number of benzene rings is 1. The van der Waals surface area contributed by atoms with Crippen LogP contribution in [-0.2, 0) is 20.5 Å². The maximum Gasteiger partial charge on any atom is 0.417 e. The summed E-state index contributed by atoms with van der Waals surface area (Å²) in [6.45, 7) is 11.4. The third kappa shape index (κ3) is 7.14. The minimum absolute atomic E-state index is 0.000255. The van der Waals surface area contributed by atoms with Crippen molar-refractivity contribution in [2.45, 2.75) is 95.7 Å². The molecule has 1 aromatic carbocycles. The molecule has 2 aliphatic heterocycles. The van der Waals surface area contributed by atoms with Gasteiger partial charge < -0.3 is 14.7 Å². The molecule has 1 saturated carbocycles. The van der Waals surface area contributed by atoms with Crippen LogP contribution in [0.4, 0.5) is 18.9 Å². The summed E-state index contributed by atoms with van der Waals surface area (Å²) >= 11 is 5.69. The fourth-order valence-electron chi connectivity index (χ4n) is 6.79. The largest absolute Gasteiger partial charge is 0.481 e. The second-order valence-corrected chi connectivity index (χ2v) is 12.7. The van der Waals surface area contributed by atoms with E-state index in [-0.39, 0.29) is 41.5 Å². The van der Waals surface area contributed by atoms with Crippen LogP contribution >= 0.6 is 12.2 Å². The first kappa shape index (κ1) is 33.1. The van der Waals surface area contributed by atoms with Gasteiger partial charge in [-0.15, -0.1) is 0 Å². The van der Waals surface area contributed by atoms with E-state index >= 15 is 0 Å². The molecule has 4 rings (SSSR count). The van der Waals surface area contributed by atoms with Crippen LogP contribution in [0, 0.1) is 11.3 Å². The fraction of sp³-hybridized carbons (Fsp3) is 0.667. The maximum atomic E-state index is 13.6. The molecule has 0 spiro atoms. The Bertz CT molecular complexity index is 1250. The van der Waals surface area contributed by atoms with Crippen molar-refractivity contribution >= 4 is 34.9 Å². The normalized spacial score (nSPS) is 27.0. The number of carboxylic acids is 1. The molecule has 1 aliphatic carbocycles. The topological polar surface area (TPSA) is 100 Å². The fourth-order valence-corrected chi connectivity index (χ4v) is 7.35. The second kappa shape index (κ2) is 13.1. The summed E-state index contributed by atoms with van der Waals surface area (Å²) in [6, 6.07) is 5.27. The molecule has 1 amide bonds. The smallest absolute Gasteiger partial charge is 0.417 e. The third-order valence-corrected chi connectivity index (χ3v) is 9.32. The van der Waals surface area contributed by atoms with E-state index in [0.29, 0.717) is 13.2 Å². The van der Waals surface area contributed by atoms with Crippen molar-refractivity contribution in [3.05, 3.63) is 29.3 Å². The highest BCUT2D eigenvalue weighted by molar-refractivity contribution is 7.80. The highest BCUT2D eigenvalue weighted by Gasteiger charge is 2.52. The van der Waals surface area contributed by atoms with Crippen molar-refractivity contribution < 1.29 is 32.6 Å². The zero-order chi connectivity index (χ0) is 31.7. The summed E-state index contributed by atoms with van der Waals surface area (Å²) in [6.07, 6.45) is -1.52. The van der Waals surface area contributed by atoms with Crippen molar-refractivity contribution in [3.8, 4) is 6.07 Å². The minimum atomic E-state index is -4.74. The minimum Gasteiger partial charge on any atom is -0.481 e. The predicted octanol–water partition coefficient (Wildman–Crippen LogP) is 4.49. The van der Waals surface area contributed by atoms with E-state index in [4.69, 9.17) is 27.3 Å². The van der Waals surface area contributed by atoms with Gasteiger partial charge in [-0.25, -0.2) is 0 Å². The van der Waals surface area contributed by atoms with Crippen LogP contribution < -0.4 is 4.90 Å². The van der Waals surface area contributed by atoms with Crippen LogP contribution in [0.15, 0.2) is 18.2 Å². The molecular formula is C30H40F3N5O4S. The molecule has 0 radical (unpaired) electrons. The summed E-state index contributed by atoms with van der Waals surface area (Å²) in [7, 11) is 0. The number of halogens is 3. The van der Waals surface area contributed by atoms with E-state index in [9.17, 15) is 22.8 Å². The van der Waals surface area contributed by atoms with Gasteiger partial charge in [-0.05, 0) is 83.8 Å². The van der Waals surface area contributed by atoms with Crippen LogP contribution in [-0.4, -0.2) is 99.3 Å². The molecule has 236 valence electrons. The quantitative estimate of drug-likeness (QED) is 0.399. The average molecular weight is 624 g/mol. The number of anilines is 1. The molecule has 0 unspecified atom stereocenters. The molecule has 0 aromatic heterocycles. The van der Waals surface area contributed by atoms with Gasteiger partial charge in [0.05, 0.1) is 42.0 Å². The molecule has 3 fully saturated rings. The lowest BCUT2D eigenvalue weighted by atomic mass is 9.89. The lowest BCUT2D eigenvalue weighted by Gasteiger charge is -2.44. The predicted molar refractivity (Wildman–Crippen MR) is 158 cm³/mol. The number of ether oxygens (including phenoxy) is 1. The van der Waals surface area contributed by atoms with Crippen molar-refractivity contribution in [2.24, 2.45) is 0 Å². The molecule has 2 saturated heterocycles. The number of nitrogens with zero attached hydrogens (tertiary/aromatic N) is 5. The second-order valence-electron chi connectivity index (χ2n) is 12.3. The van der Waals surface area contributed by atoms with Crippen LogP contribution in [0.3, 0.4) is 0 Å². The molecular weight excluding hydrogens is 583 g/mol. The number of alkyl halides is 3. The Kier molecular flexibility index (Phi) is 10.1. The molecule has 9 nitrogen and oxygen atoms in total. The van der Waals surface area contributed by atoms with E-state index in [1.807, 2.05) is 4.90 Å². The van der Waals surface area contributed by atoms with E-state index in [1.54, 1.807) is 19.9 Å². The van der Waals surface area contributed by atoms with E-state index in [0.717, 1.165) is 62.4 Å². The van der Waals surface area contributed by atoms with Gasteiger partial charge in [0.15, 0.2) is 5.11 Å². The van der Waals surface area contributed by atoms with Crippen LogP contribution in [0.25, 0.3) is 0 Å². The number of thiocarbonyl (C=S) groups is 1. The first-order chi connectivity index (χ1) is 20.1. The summed E-state index contributed by atoms with van der Waals surface area (Å²) in [4.78, 5) is 32.1. The first-order valence-corrected chi connectivity index (χ1v) is 15.2. The molecule has 0 bridgehead atoms. The third-order valence-electron chi connectivity index (χ3n) is 8.94. The monoisotopic (exact) mass is 623 g/mol. The number of amides is 1. The molecule has 1 aromatic rings. The number of carbonyl (C=O) groups is 2. The number of carboxylic acid groups (broad SMARTS) is 1. The van der Waals surface area contributed by atoms with Crippen molar-refractivity contribution in [3.63, 3.8) is 0 Å². The first-order valence-electron chi connectivity index (χ1n) is 14.8. The summed E-state index contributed by atoms with van der Waals surface area (Å²) in [5.74, 6) is -1.19. The molecule has 2 heterocycles. The molecule has 43 heavy (non-hydrogen) atoms. The van der Waals surface area contributed by atoms with Crippen molar-refractivity contribution in [1.29, 1.82) is 5.26 Å². The number of aliphatic carboxylic acids is 1. The van der Waals surface area contributed by atoms with Gasteiger partial charge in [0.2, 0.25) is 0 Å². The zero-order valence-electron chi connectivity index (χ0n) is 25.1. The maximum absolute atomic E-state index is 13.6. The Labute approximate surface area is 256 Å². The van der Waals surface area contributed by atoms with Gasteiger partial charge in [-0.2, -0.15) is 18.4 Å². The Morgan fingerprint density at radius 3 is 2.33 bits per heavy atom. The molecule has 3 aliphatic rings. The summed E-state index contributed by atoms with van der Waals surface area (Å²) in [5, 5.41) is 18.3. The lowest BCUT2D eigenvalue weighted by molar-refractivity contribution is -0.138. The Morgan fingerprint density at radius 2 is 1.77 bits per heavy atom. The van der Waals surface area contributed by atoms with E-state index in [2.05, 4.69) is 23.6 Å². The molecule has 2 atom stereocenters. The SMILES string of the molecule is C[C@@H]1CN(CCOC2CCC(N3C(=S)N(c4ccc(C#N)c(C(F)(F)F)c4)C(=O)C3(C)C)CC2)C[C@H](C)N1CCC(=O)O. The number of hydrogen-bond acceptors (Lipinski definition) is 7. The number of rotatable bonds is 9. The van der Waals surface area contributed by atoms with Gasteiger partial charge in [0, 0.05) is 44.3 Å². The number of carbonyl (C=O) groups excluding carboxylic acids is 1. The van der Waals surface area contributed by atoms with Gasteiger partial charge in [0.1, 0.15) is 5.54 Å². The molecule has 1 N–H and O–H groups in total. The van der Waals surface area contributed by atoms with Gasteiger partial charge >= 0.3 is 12.1 Å². The van der Waals surface area contributed by atoms with Crippen molar-refractivity contribution in [2.75, 3.05) is 37.7 Å². The standard InChI is InChI=1S/C30H40F3N5O4S/c1-19-17-35(18-20(2)36(19)12-11-26(39)40)13-14-42-24-9-7-22(8-10-24)38-28(43)37(27(41)29(38,3)4)23-6-5-21(16-34)25(15-23)30(31,32)33/h5-6,15,19-20,22,24H,7-14,17-18H2,1-4H3,(H,39,40)/t19-,20+,22?,24?. The number of piperazine rings is 1. The Morgan fingerprint density at radius 1 is 1.14 bits per heavy atom. The van der Waals surface area contributed by atoms with Gasteiger partial charge in [-0.1, -0.05) is 0 Å². The van der Waals surface area contributed by atoms with E-state index < -0.39 is 34.7 Å². The summed E-state index contributed by atoms with van der Waals surface area (Å²) < 4.78 is 47.1. The zero-order valence-corrected chi connectivity index (χ0v) is 25.9. The molecule has 13 heteroatoms. The van der Waals surface area contributed by atoms with Crippen molar-refractivity contribution in [1.82, 2.24) is 14.7 Å². The van der Waals surface area contributed by atoms with E-state index in [1.165, 1.54) is 6.07 Å². The number of hydrogen-bond donors (Lipinski definition) is 1. The van der Waals surface area contributed by atoms with Crippen LogP contribution in [0.5, 0.6) is 0 Å². The summed E-state index contributed by atoms with van der Waals surface area (Å²) in [5.41, 5.74) is -2.64.